The minimum absolute atomic E-state index is 0.142. The van der Waals surface area contributed by atoms with Crippen molar-refractivity contribution in [1.29, 1.82) is 5.26 Å². The molecular formula is C13H16N4O4. The number of nitrogens with one attached hydrogen (secondary N) is 1. The number of hydrogen-bond donors (Lipinski definition) is 1. The van der Waals surface area contributed by atoms with Crippen LogP contribution in [0.3, 0.4) is 0 Å². The highest BCUT2D eigenvalue weighted by molar-refractivity contribution is 5.45. The number of rotatable bonds is 4. The average Bonchev–Trinajstić information content (AvgIpc) is 2.43. The number of morpholine rings is 1. The van der Waals surface area contributed by atoms with E-state index in [1.165, 1.54) is 12.1 Å². The van der Waals surface area contributed by atoms with E-state index in [4.69, 9.17) is 14.7 Å². The van der Waals surface area contributed by atoms with E-state index in [0.717, 1.165) is 6.54 Å². The highest BCUT2D eigenvalue weighted by Crippen LogP contribution is 2.20. The van der Waals surface area contributed by atoms with Crippen molar-refractivity contribution < 1.29 is 14.4 Å². The molecule has 1 fully saturated rings. The van der Waals surface area contributed by atoms with Crippen LogP contribution in [0.2, 0.25) is 0 Å². The Morgan fingerprint density at radius 1 is 1.67 bits per heavy atom. The smallest absolute Gasteiger partial charge is 0.305 e. The molecule has 0 aliphatic carbocycles. The van der Waals surface area contributed by atoms with Gasteiger partial charge in [0.25, 0.3) is 0 Å². The first kappa shape index (κ1) is 15.2. The molecule has 21 heavy (non-hydrogen) atoms. The molecule has 1 N–H and O–H groups in total. The molecule has 2 rings (SSSR count). The molecule has 2 heterocycles. The molecule has 1 atom stereocenters. The van der Waals surface area contributed by atoms with Crippen LogP contribution < -0.4 is 10.1 Å². The molecule has 0 bridgehead atoms. The van der Waals surface area contributed by atoms with Crippen molar-refractivity contribution in [3.8, 4) is 11.9 Å². The van der Waals surface area contributed by atoms with Gasteiger partial charge in [-0.1, -0.05) is 0 Å². The zero-order valence-electron chi connectivity index (χ0n) is 11.8. The van der Waals surface area contributed by atoms with E-state index >= 15 is 0 Å². The standard InChI is InChI=1S/C13H16N4O4/c1-13(2)8-15-6-9(21-13)7-20-12-4-3-11(17(18)19)10(5-14)16-12/h3-4,9,15H,6-8H2,1-2H3. The maximum Gasteiger partial charge on any atom is 0.305 e. The lowest BCUT2D eigenvalue weighted by molar-refractivity contribution is -0.385. The van der Waals surface area contributed by atoms with Gasteiger partial charge in [-0.2, -0.15) is 10.2 Å². The first-order valence-electron chi connectivity index (χ1n) is 6.48. The predicted molar refractivity (Wildman–Crippen MR) is 72.9 cm³/mol. The quantitative estimate of drug-likeness (QED) is 0.651. The van der Waals surface area contributed by atoms with E-state index in [1.807, 2.05) is 13.8 Å². The van der Waals surface area contributed by atoms with Crippen molar-refractivity contribution in [3.05, 3.63) is 27.9 Å². The molecule has 0 aromatic carbocycles. The van der Waals surface area contributed by atoms with Gasteiger partial charge in [0, 0.05) is 25.2 Å². The summed E-state index contributed by atoms with van der Waals surface area (Å²) in [6, 6.07) is 4.28. The van der Waals surface area contributed by atoms with Crippen LogP contribution in [0.25, 0.3) is 0 Å². The zero-order valence-corrected chi connectivity index (χ0v) is 11.8. The van der Waals surface area contributed by atoms with Gasteiger partial charge in [0.05, 0.1) is 10.5 Å². The van der Waals surface area contributed by atoms with E-state index in [1.54, 1.807) is 6.07 Å². The fourth-order valence-corrected chi connectivity index (χ4v) is 2.08. The third-order valence-corrected chi connectivity index (χ3v) is 2.98. The summed E-state index contributed by atoms with van der Waals surface area (Å²) >= 11 is 0. The first-order chi connectivity index (χ1) is 9.91. The van der Waals surface area contributed by atoms with Gasteiger partial charge in [0.15, 0.2) is 0 Å². The Balaban J connectivity index is 2.01. The van der Waals surface area contributed by atoms with Gasteiger partial charge in [0.1, 0.15) is 18.8 Å². The van der Waals surface area contributed by atoms with Crippen molar-refractivity contribution in [2.75, 3.05) is 19.7 Å². The average molecular weight is 292 g/mol. The van der Waals surface area contributed by atoms with Crippen LogP contribution in [0.4, 0.5) is 5.69 Å². The summed E-state index contributed by atoms with van der Waals surface area (Å²) in [5.41, 5.74) is -0.866. The van der Waals surface area contributed by atoms with Crippen LogP contribution in [-0.4, -0.2) is 41.3 Å². The number of pyridine rings is 1. The van der Waals surface area contributed by atoms with Crippen molar-refractivity contribution >= 4 is 5.69 Å². The minimum Gasteiger partial charge on any atom is -0.475 e. The lowest BCUT2D eigenvalue weighted by Crippen LogP contribution is -2.52. The lowest BCUT2D eigenvalue weighted by Gasteiger charge is -2.36. The number of nitrogens with zero attached hydrogens (tertiary/aromatic N) is 3. The van der Waals surface area contributed by atoms with Crippen LogP contribution in [-0.2, 0) is 4.74 Å². The number of nitro groups is 1. The highest BCUT2D eigenvalue weighted by Gasteiger charge is 2.28. The van der Waals surface area contributed by atoms with Crippen LogP contribution in [0.5, 0.6) is 5.88 Å². The summed E-state index contributed by atoms with van der Waals surface area (Å²) < 4.78 is 11.3. The predicted octanol–water partition coefficient (Wildman–Crippen LogP) is 1.01. The molecule has 1 saturated heterocycles. The lowest BCUT2D eigenvalue weighted by atomic mass is 10.1. The number of aromatic nitrogens is 1. The normalized spacial score (nSPS) is 20.5. The second-order valence-corrected chi connectivity index (χ2v) is 5.33. The van der Waals surface area contributed by atoms with E-state index in [2.05, 4.69) is 10.3 Å². The molecule has 1 aliphatic heterocycles. The maximum atomic E-state index is 10.7. The second-order valence-electron chi connectivity index (χ2n) is 5.33. The molecule has 1 aromatic heterocycles. The van der Waals surface area contributed by atoms with Crippen molar-refractivity contribution in [2.24, 2.45) is 0 Å². The Labute approximate surface area is 121 Å². The van der Waals surface area contributed by atoms with Gasteiger partial charge in [0.2, 0.25) is 11.6 Å². The third kappa shape index (κ3) is 3.87. The largest absolute Gasteiger partial charge is 0.475 e. The van der Waals surface area contributed by atoms with Gasteiger partial charge < -0.3 is 14.8 Å². The summed E-state index contributed by atoms with van der Waals surface area (Å²) in [4.78, 5) is 13.9. The number of nitriles is 1. The highest BCUT2D eigenvalue weighted by atomic mass is 16.6. The molecule has 0 spiro atoms. The molecule has 1 unspecified atom stereocenters. The van der Waals surface area contributed by atoms with Crippen LogP contribution in [0, 0.1) is 21.4 Å². The Morgan fingerprint density at radius 3 is 3.05 bits per heavy atom. The van der Waals surface area contributed by atoms with E-state index in [-0.39, 0.29) is 35.6 Å². The van der Waals surface area contributed by atoms with Gasteiger partial charge in [-0.05, 0) is 13.8 Å². The third-order valence-electron chi connectivity index (χ3n) is 2.98. The molecule has 8 heteroatoms. The Kier molecular flexibility index (Phi) is 4.35. The van der Waals surface area contributed by atoms with E-state index in [0.29, 0.717) is 6.54 Å². The van der Waals surface area contributed by atoms with Crippen LogP contribution in [0.1, 0.15) is 19.5 Å². The van der Waals surface area contributed by atoms with E-state index < -0.39 is 4.92 Å². The molecule has 112 valence electrons. The SMILES string of the molecule is CC1(C)CNCC(COc2ccc([N+](=O)[O-])c(C#N)n2)O1. The maximum absolute atomic E-state index is 10.7. The monoisotopic (exact) mass is 292 g/mol. The molecule has 0 radical (unpaired) electrons. The fourth-order valence-electron chi connectivity index (χ4n) is 2.08. The second kappa shape index (κ2) is 6.03. The van der Waals surface area contributed by atoms with Gasteiger partial charge >= 0.3 is 5.69 Å². The molecule has 0 amide bonds. The molecular weight excluding hydrogens is 276 g/mol. The van der Waals surface area contributed by atoms with Gasteiger partial charge in [-0.25, -0.2) is 0 Å². The zero-order chi connectivity index (χ0) is 15.5. The fraction of sp³-hybridized carbons (Fsp3) is 0.538. The molecule has 8 nitrogen and oxygen atoms in total. The van der Waals surface area contributed by atoms with Crippen molar-refractivity contribution in [3.63, 3.8) is 0 Å². The van der Waals surface area contributed by atoms with Gasteiger partial charge in [-0.3, -0.25) is 10.1 Å². The van der Waals surface area contributed by atoms with E-state index in [9.17, 15) is 10.1 Å². The summed E-state index contributed by atoms with van der Waals surface area (Å²) in [6.45, 7) is 5.62. The summed E-state index contributed by atoms with van der Waals surface area (Å²) in [6.07, 6.45) is -0.142. The Hall–Kier alpha value is -2.24. The number of ether oxygens (including phenoxy) is 2. The minimum atomic E-state index is -0.647. The van der Waals surface area contributed by atoms with Gasteiger partial charge in [-0.15, -0.1) is 0 Å². The summed E-state index contributed by atoms with van der Waals surface area (Å²) in [7, 11) is 0. The topological polar surface area (TPSA) is 110 Å². The van der Waals surface area contributed by atoms with Crippen molar-refractivity contribution in [1.82, 2.24) is 10.3 Å². The Bertz CT molecular complexity index is 582. The van der Waals surface area contributed by atoms with Crippen LogP contribution >= 0.6 is 0 Å². The molecule has 1 aliphatic rings. The molecule has 1 aromatic rings. The number of hydrogen-bond acceptors (Lipinski definition) is 7. The van der Waals surface area contributed by atoms with Crippen molar-refractivity contribution in [2.45, 2.75) is 25.6 Å². The Morgan fingerprint density at radius 2 is 2.43 bits per heavy atom. The molecule has 0 saturated carbocycles. The van der Waals surface area contributed by atoms with Crippen LogP contribution in [0.15, 0.2) is 12.1 Å². The first-order valence-corrected chi connectivity index (χ1v) is 6.48. The summed E-state index contributed by atoms with van der Waals surface area (Å²) in [5, 5.41) is 22.8. The summed E-state index contributed by atoms with van der Waals surface area (Å²) in [5.74, 6) is 0.170.